The molecule has 0 spiro atoms. The molecule has 0 aliphatic rings. The summed E-state index contributed by atoms with van der Waals surface area (Å²) in [7, 11) is 0. The molecule has 3 aromatic heterocycles. The molecule has 0 saturated carbocycles. The predicted molar refractivity (Wildman–Crippen MR) is 147 cm³/mol. The summed E-state index contributed by atoms with van der Waals surface area (Å²) in [6, 6.07) is 13.1. The van der Waals surface area contributed by atoms with E-state index >= 15 is 0 Å². The number of hydrogen-bond donors (Lipinski definition) is 0. The maximum absolute atomic E-state index is 4.16. The van der Waals surface area contributed by atoms with Gasteiger partial charge in [-0.05, 0) is 128 Å². The van der Waals surface area contributed by atoms with Gasteiger partial charge in [0.1, 0.15) is 0 Å². The number of hydrogen-bond acceptors (Lipinski definition) is 6. The minimum absolute atomic E-state index is 1.26. The molecular formula is C27H27N3S3. The monoisotopic (exact) mass is 489 g/mol. The fourth-order valence-electron chi connectivity index (χ4n) is 3.67. The van der Waals surface area contributed by atoms with Crippen LogP contribution in [0, 0.1) is 41.5 Å². The number of rotatable bonds is 0. The van der Waals surface area contributed by atoms with E-state index in [1.165, 1.54) is 63.6 Å². The Labute approximate surface area is 207 Å². The van der Waals surface area contributed by atoms with Gasteiger partial charge in [-0.15, -0.1) is 0 Å². The van der Waals surface area contributed by atoms with E-state index in [1.807, 2.05) is 18.6 Å². The molecule has 0 fully saturated rings. The summed E-state index contributed by atoms with van der Waals surface area (Å²) in [6.07, 6.45) is 5.81. The van der Waals surface area contributed by atoms with Crippen molar-refractivity contribution in [1.82, 2.24) is 13.1 Å². The number of aromatic nitrogens is 3. The van der Waals surface area contributed by atoms with Gasteiger partial charge in [0, 0.05) is 34.7 Å². The molecule has 0 bridgehead atoms. The molecule has 3 nitrogen and oxygen atoms in total. The second-order valence-electron chi connectivity index (χ2n) is 8.39. The molecule has 0 unspecified atom stereocenters. The quantitative estimate of drug-likeness (QED) is 0.214. The number of benzene rings is 3. The zero-order valence-electron chi connectivity index (χ0n) is 19.8. The lowest BCUT2D eigenvalue weighted by molar-refractivity contribution is 1.37. The van der Waals surface area contributed by atoms with Gasteiger partial charge in [-0.3, -0.25) is 0 Å². The fraction of sp³-hybridized carbons (Fsp3) is 0.222. The molecule has 6 heteroatoms. The third-order valence-electron chi connectivity index (χ3n) is 5.73. The van der Waals surface area contributed by atoms with Crippen molar-refractivity contribution >= 4 is 64.9 Å². The normalized spacial score (nSPS) is 10.7. The first-order valence-electron chi connectivity index (χ1n) is 10.8. The van der Waals surface area contributed by atoms with E-state index in [2.05, 4.69) is 91.1 Å². The number of nitrogens with zero attached hydrogens (tertiary/aromatic N) is 3. The molecule has 3 heterocycles. The van der Waals surface area contributed by atoms with E-state index in [-0.39, 0.29) is 0 Å². The van der Waals surface area contributed by atoms with Crippen LogP contribution in [0.4, 0.5) is 0 Å². The molecule has 0 saturated heterocycles. The first kappa shape index (κ1) is 23.5. The molecule has 0 aliphatic carbocycles. The van der Waals surface area contributed by atoms with Gasteiger partial charge in [0.25, 0.3) is 0 Å². The highest BCUT2D eigenvalue weighted by molar-refractivity contribution is 7.14. The maximum atomic E-state index is 4.16. The first-order chi connectivity index (χ1) is 15.8. The van der Waals surface area contributed by atoms with Crippen LogP contribution in [0.25, 0.3) is 30.3 Å². The van der Waals surface area contributed by atoms with Crippen LogP contribution in [-0.4, -0.2) is 13.1 Å². The Balaban J connectivity index is 0.000000118. The van der Waals surface area contributed by atoms with Crippen molar-refractivity contribution in [3.05, 3.63) is 88.4 Å². The predicted octanol–water partition coefficient (Wildman–Crippen LogP) is 8.74. The van der Waals surface area contributed by atoms with Gasteiger partial charge in [-0.25, -0.2) is 0 Å². The molecule has 0 aliphatic heterocycles. The fourth-order valence-corrected chi connectivity index (χ4v) is 6.01. The van der Waals surface area contributed by atoms with Crippen LogP contribution in [0.3, 0.4) is 0 Å². The second kappa shape index (κ2) is 10.1. The largest absolute Gasteiger partial charge is 0.200 e. The lowest BCUT2D eigenvalue weighted by Crippen LogP contribution is -1.77. The third-order valence-corrected chi connectivity index (χ3v) is 8.17. The summed E-state index contributed by atoms with van der Waals surface area (Å²) in [6.45, 7) is 12.8. The van der Waals surface area contributed by atoms with Gasteiger partial charge in [-0.1, -0.05) is 18.2 Å². The molecule has 0 amide bonds. The van der Waals surface area contributed by atoms with Crippen LogP contribution >= 0.6 is 34.6 Å². The summed E-state index contributed by atoms with van der Waals surface area (Å²) >= 11 is 4.70. The Morgan fingerprint density at radius 3 is 1.94 bits per heavy atom. The standard InChI is InChI=1S/3C9H9NS/c1-6-3-8-5-10-11-9(8)4-7(6)2;1-6-3-7(2)8-5-10-11-9(8)4-6;1-6-3-4-7(2)9-8(6)5-10-11-9/h3*3-5H,1-2H3. The van der Waals surface area contributed by atoms with E-state index < -0.39 is 0 Å². The SMILES string of the molecule is Cc1cc(C)c2cnsc2c1.Cc1cc2cnsc2cc1C.Cc1ccc(C)c2sncc12. The molecule has 0 radical (unpaired) electrons. The van der Waals surface area contributed by atoms with E-state index in [4.69, 9.17) is 0 Å². The van der Waals surface area contributed by atoms with Crippen LogP contribution in [0.5, 0.6) is 0 Å². The van der Waals surface area contributed by atoms with E-state index in [9.17, 15) is 0 Å². The molecule has 168 valence electrons. The summed E-state index contributed by atoms with van der Waals surface area (Å²) in [5.74, 6) is 0. The lowest BCUT2D eigenvalue weighted by Gasteiger charge is -1.97. The summed E-state index contributed by atoms with van der Waals surface area (Å²) < 4.78 is 16.3. The van der Waals surface area contributed by atoms with Gasteiger partial charge in [0.15, 0.2) is 0 Å². The van der Waals surface area contributed by atoms with Gasteiger partial charge in [-0.2, -0.15) is 13.1 Å². The molecule has 3 aromatic carbocycles. The van der Waals surface area contributed by atoms with Crippen molar-refractivity contribution in [3.8, 4) is 0 Å². The zero-order chi connectivity index (χ0) is 23.5. The zero-order valence-corrected chi connectivity index (χ0v) is 22.2. The Kier molecular flexibility index (Phi) is 7.17. The van der Waals surface area contributed by atoms with Crippen LogP contribution in [0.15, 0.2) is 55.0 Å². The first-order valence-corrected chi connectivity index (χ1v) is 13.1. The molecule has 33 heavy (non-hydrogen) atoms. The van der Waals surface area contributed by atoms with Crippen molar-refractivity contribution < 1.29 is 0 Å². The molecule has 6 rings (SSSR count). The van der Waals surface area contributed by atoms with Gasteiger partial charge in [0.2, 0.25) is 0 Å². The van der Waals surface area contributed by atoms with Crippen molar-refractivity contribution in [3.63, 3.8) is 0 Å². The minimum Gasteiger partial charge on any atom is -0.200 e. The molecule has 6 aromatic rings. The topological polar surface area (TPSA) is 38.7 Å². The highest BCUT2D eigenvalue weighted by Gasteiger charge is 2.01. The maximum Gasteiger partial charge on any atom is 0.0581 e. The average Bonchev–Trinajstić information content (AvgIpc) is 3.53. The van der Waals surface area contributed by atoms with E-state index in [1.54, 1.807) is 34.6 Å². The van der Waals surface area contributed by atoms with Crippen LogP contribution < -0.4 is 0 Å². The van der Waals surface area contributed by atoms with Crippen molar-refractivity contribution in [2.45, 2.75) is 41.5 Å². The highest BCUT2D eigenvalue weighted by Crippen LogP contribution is 2.25. The Hall–Kier alpha value is -2.67. The summed E-state index contributed by atoms with van der Waals surface area (Å²) in [5.41, 5.74) is 7.99. The second-order valence-corrected chi connectivity index (χ2v) is 10.9. The van der Waals surface area contributed by atoms with Crippen molar-refractivity contribution in [1.29, 1.82) is 0 Å². The minimum atomic E-state index is 1.26. The molecule has 0 atom stereocenters. The van der Waals surface area contributed by atoms with Gasteiger partial charge in [0.05, 0.1) is 14.1 Å². The Morgan fingerprint density at radius 2 is 1.15 bits per heavy atom. The Morgan fingerprint density at radius 1 is 0.515 bits per heavy atom. The van der Waals surface area contributed by atoms with E-state index in [0.717, 1.165) is 0 Å². The van der Waals surface area contributed by atoms with Gasteiger partial charge < -0.3 is 0 Å². The average molecular weight is 490 g/mol. The summed E-state index contributed by atoms with van der Waals surface area (Å²) in [5, 5.41) is 3.86. The summed E-state index contributed by atoms with van der Waals surface area (Å²) in [4.78, 5) is 0. The van der Waals surface area contributed by atoms with Crippen molar-refractivity contribution in [2.24, 2.45) is 0 Å². The molecular weight excluding hydrogens is 463 g/mol. The number of aryl methyl sites for hydroxylation is 6. The smallest absolute Gasteiger partial charge is 0.0581 e. The van der Waals surface area contributed by atoms with E-state index in [0.29, 0.717) is 0 Å². The Bertz CT molecular complexity index is 1470. The number of fused-ring (bicyclic) bond motifs is 3. The molecule has 0 N–H and O–H groups in total. The van der Waals surface area contributed by atoms with Crippen LogP contribution in [0.2, 0.25) is 0 Å². The lowest BCUT2D eigenvalue weighted by atomic mass is 10.1. The third kappa shape index (κ3) is 5.29. The van der Waals surface area contributed by atoms with Crippen LogP contribution in [0.1, 0.15) is 33.4 Å². The highest BCUT2D eigenvalue weighted by atomic mass is 32.1. The van der Waals surface area contributed by atoms with Gasteiger partial charge >= 0.3 is 0 Å². The van der Waals surface area contributed by atoms with Crippen LogP contribution in [-0.2, 0) is 0 Å². The van der Waals surface area contributed by atoms with Crippen molar-refractivity contribution in [2.75, 3.05) is 0 Å².